The Hall–Kier alpha value is -22.8. The zero-order chi connectivity index (χ0) is 81.2. The van der Waals surface area contributed by atoms with Crippen LogP contribution in [0.25, 0.3) is 0 Å². The average molecular weight is 1600 g/mol. The molecule has 0 saturated heterocycles. The van der Waals surface area contributed by atoms with Crippen LogP contribution in [0.4, 0.5) is 0 Å². The molecule has 0 aromatic heterocycles. The molecule has 0 rings (SSSR count). The summed E-state index contributed by atoms with van der Waals surface area (Å²) in [5.41, 5.74) is 12.5. The first-order valence-electron chi connectivity index (χ1n) is 22.6. The van der Waals surface area contributed by atoms with Crippen molar-refractivity contribution in [2.24, 2.45) is 585 Å². The lowest BCUT2D eigenvalue weighted by atomic mass is 12.3. The van der Waals surface area contributed by atoms with Gasteiger partial charge in [0.15, 0.2) is 0 Å². The van der Waals surface area contributed by atoms with E-state index in [0.29, 0.717) is 0 Å². The fraction of sp³-hybridized carbons (Fsp3) is 0. The number of hydrogen-bond acceptors (Lipinski definition) is 2. The highest BCUT2D eigenvalue weighted by molar-refractivity contribution is 4.24. The van der Waals surface area contributed by atoms with Crippen LogP contribution in [0.15, 0.2) is 585 Å². The van der Waals surface area contributed by atoms with Crippen molar-refractivity contribution in [3.05, 3.63) is 0 Å². The lowest BCUT2D eigenvalue weighted by Crippen LogP contribution is -1.52. The molecular formula is H2N114. The van der Waals surface area contributed by atoms with Gasteiger partial charge in [-0.1, -0.05) is 0 Å². The standard InChI is InChI=1S/H2N114/c1-3-5-7-9-11-13-15-17-19-21-23-25-27-29-31-33-35-37-39-41-43-45-47-49-51-53-55-57-59-61-63-65-67-69-71-73-75-77-79-81-83-85-87-89-91-93-95-97-99-101-103-105-107-109-111-113-114-112-110-108-106-104-102-100-98-96-94-92-90-88-86-84-82-80-78-76-74-72-70-68-66-64-62-60-58-56-54-52-50-48-46-44-42-40-38-36-34-32-30-28-26-24-22-20-18-16-14-12-10-8-6-4-2/h1-2H/b3-1?,4-2?,7-5+,8-6+,11-9+,12-10+,15-13+,16-14+,19-17+,20-18+,23-21+,24-22+,27-25+,28-26+,31-29+,32-30+,35-33+,36-34+,39-37+,40-38+,43-41+,44-42+,47-45+,48-46+,51-49+,52-50+,55-53+,56-54+,59-57+,60-58+,63-61+,64-62+,67-65+,68-66+,71-69+,72-70+,75-73+,76-74+,79-77+,80-78+,83-81+,84-82+,87-85+,88-86+,91-89+,92-90+,95-93+,96-94+,99-97+,100-98+,103-101+,104-102+,107-105+,108-106+,111-109+,112-110+,114-113+. The Balaban J connectivity index is 4.13. The zero-order valence-corrected chi connectivity index (χ0v) is 51.1. The molecule has 0 atom stereocenters. The van der Waals surface area contributed by atoms with Crippen molar-refractivity contribution in [2.45, 2.75) is 0 Å². The maximum atomic E-state index is 6.27. The van der Waals surface area contributed by atoms with Crippen molar-refractivity contribution in [3.8, 4) is 0 Å². The van der Waals surface area contributed by atoms with Crippen LogP contribution < -0.4 is 0 Å². The number of nitrogens with one attached hydrogen (secondary N) is 2. The van der Waals surface area contributed by atoms with Crippen molar-refractivity contribution in [1.82, 2.24) is 0 Å². The van der Waals surface area contributed by atoms with Crippen LogP contribution in [0.2, 0.25) is 0 Å². The largest absolute Gasteiger partial charge is 0.183 e. The summed E-state index contributed by atoms with van der Waals surface area (Å²) < 4.78 is 0. The Morgan fingerprint density at radius 1 is 0.0439 bits per heavy atom. The van der Waals surface area contributed by atoms with Crippen LogP contribution >= 0.6 is 0 Å². The Morgan fingerprint density at radius 2 is 0.0702 bits per heavy atom. The van der Waals surface area contributed by atoms with Crippen molar-refractivity contribution >= 4 is 0 Å². The molecule has 0 heterocycles. The quantitative estimate of drug-likeness (QED) is 0.0424. The van der Waals surface area contributed by atoms with Gasteiger partial charge >= 0.3 is 0 Å². The summed E-state index contributed by atoms with van der Waals surface area (Å²) in [6, 6.07) is 0. The van der Waals surface area contributed by atoms with E-state index < -0.39 is 0 Å². The molecule has 572 valence electrons. The van der Waals surface area contributed by atoms with Crippen molar-refractivity contribution < 1.29 is 0 Å². The number of nitrogens with zero attached hydrogens (tertiary/aromatic N) is 112. The summed E-state index contributed by atoms with van der Waals surface area (Å²) in [6.45, 7) is 0. The lowest BCUT2D eigenvalue weighted by molar-refractivity contribution is 0.722. The first-order valence-corrected chi connectivity index (χ1v) is 22.6. The molecule has 0 saturated carbocycles. The summed E-state index contributed by atoms with van der Waals surface area (Å²) in [4.78, 5) is 0. The van der Waals surface area contributed by atoms with Crippen LogP contribution in [0.5, 0.6) is 0 Å². The highest BCUT2D eigenvalue weighted by Gasteiger charge is 1.81. The second-order valence-electron chi connectivity index (χ2n) is 10.0. The van der Waals surface area contributed by atoms with E-state index in [2.05, 4.69) is 585 Å². The van der Waals surface area contributed by atoms with Gasteiger partial charge in [0, 0.05) is 501 Å². The Morgan fingerprint density at radius 3 is 0.0965 bits per heavy atom. The van der Waals surface area contributed by atoms with Crippen LogP contribution in [-0.2, 0) is 0 Å². The Labute approximate surface area is 596 Å². The number of hydrogen-bond donors (Lipinski definition) is 2. The van der Waals surface area contributed by atoms with Gasteiger partial charge in [0.1, 0.15) is 0 Å². The fourth-order valence-electron chi connectivity index (χ4n) is 1.97. The van der Waals surface area contributed by atoms with Crippen molar-refractivity contribution in [1.29, 1.82) is 11.1 Å². The Kier molecular flexibility index (Phi) is 72.2. The normalized spacial score (nSPS) is 15.6. The van der Waals surface area contributed by atoms with Crippen LogP contribution in [-0.4, -0.2) is 0 Å². The molecule has 114 heavy (non-hydrogen) atoms. The van der Waals surface area contributed by atoms with E-state index in [0.717, 1.165) is 0 Å². The molecule has 0 aliphatic carbocycles. The minimum atomic E-state index is 2.50. The third-order valence-electron chi connectivity index (χ3n) is 4.45. The molecule has 114 heteroatoms. The minimum absolute atomic E-state index is 2.50. The minimum Gasteiger partial charge on any atom is -0.183 e. The van der Waals surface area contributed by atoms with Crippen LogP contribution in [0.1, 0.15) is 0 Å². The van der Waals surface area contributed by atoms with E-state index in [1.807, 2.05) is 0 Å². The maximum Gasteiger partial charge on any atom is 0 e. The first kappa shape index (κ1) is 91.2. The van der Waals surface area contributed by atoms with Gasteiger partial charge in [0.2, 0.25) is 0 Å². The molecule has 0 aromatic carbocycles. The van der Waals surface area contributed by atoms with E-state index >= 15 is 0 Å². The third-order valence-corrected chi connectivity index (χ3v) is 4.45. The summed E-state index contributed by atoms with van der Waals surface area (Å²) in [7, 11) is 0. The maximum absolute atomic E-state index is 6.27. The zero-order valence-electron chi connectivity index (χ0n) is 51.1. The first-order chi connectivity index (χ1) is 56.9. The molecule has 0 amide bonds. The smallest absolute Gasteiger partial charge is 0 e. The summed E-state index contributed by atoms with van der Waals surface area (Å²) in [5.74, 6) is 0. The molecule has 0 bridgehead atoms. The molecule has 0 aromatic rings. The van der Waals surface area contributed by atoms with Gasteiger partial charge in [0.25, 0.3) is 0 Å². The van der Waals surface area contributed by atoms with Gasteiger partial charge in [-0.05, 0) is 83.6 Å². The van der Waals surface area contributed by atoms with E-state index in [1.165, 1.54) is 0 Å². The molecule has 2 N–H and O–H groups in total. The SMILES string of the molecule is N=N/N=N/N=N/N=N/N=N/N=N/N=N/N=N/N=N/N=N/N=N/N=N/N=N/N=N/N=N/N=N/N=N/N=N/N=N/N=N/N=N/N=N/N=N/N=N/N=N/N=N/N=N/N=N/N=N/N=N/N=N/N=N/N=N/N=N/N=N/N=N/N=N/N=N/N=N/N=N/N=N/N=N/N=N/N=N/N=N/N=N/N=N/N=N/N=N/N=N/N=N/N=N/N=N/N=N/N=N/N=N/N=N. The molecule has 0 aliphatic rings. The van der Waals surface area contributed by atoms with Crippen molar-refractivity contribution in [3.63, 3.8) is 0 Å². The molecular weight excluding hydrogens is 1600 g/mol. The second-order valence-corrected chi connectivity index (χ2v) is 10.0. The third kappa shape index (κ3) is 89.2. The van der Waals surface area contributed by atoms with Gasteiger partial charge in [-0.3, -0.25) is 0 Å². The molecule has 0 spiro atoms. The monoisotopic (exact) mass is 1600 g/mol. The fourth-order valence-corrected chi connectivity index (χ4v) is 1.97. The molecule has 114 nitrogen and oxygen atoms in total. The topological polar surface area (TPSA) is 1430 Å². The average Bonchev–Trinajstić information content (AvgIpc) is 2.83. The van der Waals surface area contributed by atoms with Gasteiger partial charge in [0.05, 0.1) is 0 Å². The van der Waals surface area contributed by atoms with Gasteiger partial charge in [-0.15, -0.1) is 0 Å². The Bertz CT molecular complexity index is 3980. The van der Waals surface area contributed by atoms with Gasteiger partial charge in [-0.2, -0.15) is 11.1 Å². The van der Waals surface area contributed by atoms with Crippen LogP contribution in [0.3, 0.4) is 0 Å². The summed E-state index contributed by atoms with van der Waals surface area (Å²) in [5, 5.41) is 333. The lowest BCUT2D eigenvalue weighted by Gasteiger charge is -1.71. The molecule has 0 aliphatic heterocycles. The molecule has 0 radical (unpaired) electrons. The van der Waals surface area contributed by atoms with E-state index in [-0.39, 0.29) is 0 Å². The number of rotatable bonds is 56. The van der Waals surface area contributed by atoms with Gasteiger partial charge in [-0.25, -0.2) is 0 Å². The summed E-state index contributed by atoms with van der Waals surface area (Å²) >= 11 is 0. The van der Waals surface area contributed by atoms with Crippen LogP contribution in [0, 0.1) is 11.1 Å². The predicted molar refractivity (Wildman–Crippen MR) is 277 cm³/mol. The van der Waals surface area contributed by atoms with E-state index in [1.54, 1.807) is 0 Å². The van der Waals surface area contributed by atoms with E-state index in [4.69, 9.17) is 11.1 Å². The predicted octanol–water partition coefficient (Wildman–Crippen LogP) is 21.2. The van der Waals surface area contributed by atoms with E-state index in [9.17, 15) is 0 Å². The molecule has 0 unspecified atom stereocenters. The molecule has 0 fully saturated rings. The van der Waals surface area contributed by atoms with Crippen molar-refractivity contribution in [2.75, 3.05) is 0 Å². The summed E-state index contributed by atoms with van der Waals surface area (Å²) in [6.07, 6.45) is 0. The highest BCUT2D eigenvalue weighted by Crippen LogP contribution is 2.00. The van der Waals surface area contributed by atoms with Gasteiger partial charge < -0.3 is 0 Å². The highest BCUT2D eigenvalue weighted by atomic mass is 15.8. The second kappa shape index (κ2) is 90.2.